The number of carbonyl (C=O) groups is 1. The molecule has 2 saturated heterocycles. The van der Waals surface area contributed by atoms with E-state index in [9.17, 15) is 28.9 Å². The van der Waals surface area contributed by atoms with Crippen molar-refractivity contribution in [2.45, 2.75) is 88.6 Å². The standard InChI is InChI=1S/C29H39F2N5O8/c1-29(2,3)43-28(40)35-7-5-15(6-8-35)19-11-17(44-33-19)12-22-26(38)25(27(39)23(14-37)42-22)36-13-20(32-34-36)16-9-18(30)24(31)21(10-16)41-4/h9-10,13,15,17,22-23,25-27,37-39H,5-8,11-12,14H2,1-4H3/t17-,22-,23-,25-,26+,27+/m1/s1. The van der Waals surface area contributed by atoms with Gasteiger partial charge in [0, 0.05) is 37.4 Å². The lowest BCUT2D eigenvalue weighted by molar-refractivity contribution is -0.212. The molecule has 4 heterocycles. The molecule has 15 heteroatoms. The maximum atomic E-state index is 14.1. The van der Waals surface area contributed by atoms with Crippen LogP contribution in [0.15, 0.2) is 23.5 Å². The summed E-state index contributed by atoms with van der Waals surface area (Å²) in [6, 6.07) is 1.14. The summed E-state index contributed by atoms with van der Waals surface area (Å²) >= 11 is 0. The number of aromatic nitrogens is 3. The van der Waals surface area contributed by atoms with Crippen LogP contribution in [-0.4, -0.2) is 110 Å². The molecular formula is C29H39F2N5O8. The Morgan fingerprint density at radius 1 is 1.14 bits per heavy atom. The highest BCUT2D eigenvalue weighted by atomic mass is 19.2. The topological polar surface area (TPSA) is 161 Å². The number of amides is 1. The van der Waals surface area contributed by atoms with Gasteiger partial charge in [-0.3, -0.25) is 0 Å². The second-order valence-electron chi connectivity index (χ2n) is 12.4. The van der Waals surface area contributed by atoms with Crippen molar-refractivity contribution in [3.63, 3.8) is 0 Å². The minimum absolute atomic E-state index is 0.138. The minimum Gasteiger partial charge on any atom is -0.494 e. The number of halogens is 2. The summed E-state index contributed by atoms with van der Waals surface area (Å²) < 4.78 is 45.5. The normalized spacial score (nSPS) is 28.0. The second-order valence-corrected chi connectivity index (χ2v) is 12.4. The van der Waals surface area contributed by atoms with Crippen LogP contribution >= 0.6 is 0 Å². The Labute approximate surface area is 253 Å². The summed E-state index contributed by atoms with van der Waals surface area (Å²) in [6.07, 6.45) is -1.74. The van der Waals surface area contributed by atoms with Crippen LogP contribution in [0.1, 0.15) is 52.5 Å². The van der Waals surface area contributed by atoms with Gasteiger partial charge < -0.3 is 39.3 Å². The van der Waals surface area contributed by atoms with Crippen LogP contribution in [0.25, 0.3) is 11.3 Å². The Morgan fingerprint density at radius 3 is 2.50 bits per heavy atom. The number of aliphatic hydroxyl groups is 3. The first kappa shape index (κ1) is 32.0. The van der Waals surface area contributed by atoms with Crippen LogP contribution in [0.3, 0.4) is 0 Å². The molecular weight excluding hydrogens is 584 g/mol. The van der Waals surface area contributed by atoms with E-state index in [4.69, 9.17) is 19.0 Å². The van der Waals surface area contributed by atoms with E-state index in [0.29, 0.717) is 19.5 Å². The van der Waals surface area contributed by atoms with Crippen LogP contribution in [-0.2, 0) is 14.3 Å². The molecule has 242 valence electrons. The van der Waals surface area contributed by atoms with Gasteiger partial charge in [-0.1, -0.05) is 10.4 Å². The Bertz CT molecular complexity index is 1360. The van der Waals surface area contributed by atoms with E-state index in [1.807, 2.05) is 20.8 Å². The van der Waals surface area contributed by atoms with E-state index >= 15 is 0 Å². The summed E-state index contributed by atoms with van der Waals surface area (Å²) in [7, 11) is 1.21. The van der Waals surface area contributed by atoms with Crippen molar-refractivity contribution in [2.75, 3.05) is 26.8 Å². The number of hydrogen-bond donors (Lipinski definition) is 3. The van der Waals surface area contributed by atoms with Crippen LogP contribution in [0.4, 0.5) is 13.6 Å². The number of rotatable bonds is 7. The first-order valence-corrected chi connectivity index (χ1v) is 14.7. The number of benzene rings is 1. The summed E-state index contributed by atoms with van der Waals surface area (Å²) in [6.45, 7) is 6.06. The first-order valence-electron chi connectivity index (χ1n) is 14.7. The van der Waals surface area contributed by atoms with Crippen molar-refractivity contribution < 1.29 is 47.9 Å². The van der Waals surface area contributed by atoms with Crippen molar-refractivity contribution >= 4 is 11.8 Å². The smallest absolute Gasteiger partial charge is 0.410 e. The van der Waals surface area contributed by atoms with E-state index in [0.717, 1.165) is 24.6 Å². The quantitative estimate of drug-likeness (QED) is 0.418. The largest absolute Gasteiger partial charge is 0.494 e. The van der Waals surface area contributed by atoms with Crippen LogP contribution in [0, 0.1) is 17.6 Å². The Kier molecular flexibility index (Phi) is 9.39. The molecule has 2 aromatic rings. The molecule has 0 radical (unpaired) electrons. The molecule has 0 saturated carbocycles. The number of aliphatic hydroxyl groups excluding tert-OH is 3. The summed E-state index contributed by atoms with van der Waals surface area (Å²) in [4.78, 5) is 19.8. The number of methoxy groups -OCH3 is 1. The first-order chi connectivity index (χ1) is 20.9. The molecule has 1 aromatic heterocycles. The molecule has 2 fully saturated rings. The number of piperidine rings is 1. The fourth-order valence-electron chi connectivity index (χ4n) is 5.90. The zero-order chi connectivity index (χ0) is 31.8. The molecule has 3 aliphatic rings. The monoisotopic (exact) mass is 623 g/mol. The summed E-state index contributed by atoms with van der Waals surface area (Å²) in [5, 5.41) is 44.6. The number of oxime groups is 1. The van der Waals surface area contributed by atoms with E-state index < -0.39 is 60.4 Å². The average molecular weight is 624 g/mol. The van der Waals surface area contributed by atoms with Gasteiger partial charge in [-0.2, -0.15) is 4.39 Å². The van der Waals surface area contributed by atoms with Crippen LogP contribution < -0.4 is 4.74 Å². The van der Waals surface area contributed by atoms with Gasteiger partial charge in [0.15, 0.2) is 11.6 Å². The number of likely N-dealkylation sites (tertiary alicyclic amines) is 1. The third-order valence-corrected chi connectivity index (χ3v) is 8.19. The van der Waals surface area contributed by atoms with Crippen molar-refractivity contribution in [3.05, 3.63) is 30.0 Å². The fraction of sp³-hybridized carbons (Fsp3) is 0.655. The molecule has 0 spiro atoms. The predicted octanol–water partition coefficient (Wildman–Crippen LogP) is 2.44. The van der Waals surface area contributed by atoms with Gasteiger partial charge in [0.05, 0.1) is 31.7 Å². The Morgan fingerprint density at radius 2 is 1.84 bits per heavy atom. The van der Waals surface area contributed by atoms with Gasteiger partial charge in [-0.15, -0.1) is 5.10 Å². The van der Waals surface area contributed by atoms with Crippen molar-refractivity contribution in [1.82, 2.24) is 19.9 Å². The van der Waals surface area contributed by atoms with Gasteiger partial charge in [0.25, 0.3) is 0 Å². The van der Waals surface area contributed by atoms with Crippen LogP contribution in [0.5, 0.6) is 5.75 Å². The third-order valence-electron chi connectivity index (χ3n) is 8.19. The molecule has 1 amide bonds. The highest BCUT2D eigenvalue weighted by molar-refractivity contribution is 5.88. The second kappa shape index (κ2) is 12.9. The van der Waals surface area contributed by atoms with Gasteiger partial charge in [-0.25, -0.2) is 13.9 Å². The molecule has 6 atom stereocenters. The molecule has 5 rings (SSSR count). The van der Waals surface area contributed by atoms with E-state index in [1.54, 1.807) is 4.90 Å². The number of carbonyl (C=O) groups excluding carboxylic acids is 1. The number of ether oxygens (including phenoxy) is 3. The molecule has 0 unspecified atom stereocenters. The van der Waals surface area contributed by atoms with Gasteiger partial charge in [0.2, 0.25) is 5.82 Å². The maximum Gasteiger partial charge on any atom is 0.410 e. The Balaban J connectivity index is 1.22. The summed E-state index contributed by atoms with van der Waals surface area (Å²) in [5.41, 5.74) is 0.647. The van der Waals surface area contributed by atoms with Gasteiger partial charge in [-0.05, 0) is 45.7 Å². The van der Waals surface area contributed by atoms with Crippen molar-refractivity contribution in [2.24, 2.45) is 11.1 Å². The zero-order valence-corrected chi connectivity index (χ0v) is 25.1. The number of hydrogen-bond acceptors (Lipinski definition) is 11. The SMILES string of the molecule is COc1cc(-c2cn([C@H]3[C@@H](O)[C@@H](CO)O[C@H](C[C@H]4CC(C5CCN(C(=O)OC(C)(C)C)CC5)=NO4)[C@@H]3O)nn2)cc(F)c1F. The zero-order valence-electron chi connectivity index (χ0n) is 25.1. The fourth-order valence-corrected chi connectivity index (χ4v) is 5.90. The minimum atomic E-state index is -1.35. The van der Waals surface area contributed by atoms with E-state index in [2.05, 4.69) is 15.5 Å². The molecule has 44 heavy (non-hydrogen) atoms. The third kappa shape index (κ3) is 6.80. The predicted molar refractivity (Wildman–Crippen MR) is 151 cm³/mol. The van der Waals surface area contributed by atoms with Crippen molar-refractivity contribution in [1.29, 1.82) is 0 Å². The lowest BCUT2D eigenvalue weighted by Crippen LogP contribution is -2.56. The molecule has 3 aliphatic heterocycles. The number of nitrogens with zero attached hydrogens (tertiary/aromatic N) is 5. The lowest BCUT2D eigenvalue weighted by atomic mass is 9.86. The van der Waals surface area contributed by atoms with Gasteiger partial charge >= 0.3 is 6.09 Å². The lowest BCUT2D eigenvalue weighted by Gasteiger charge is -2.42. The van der Waals surface area contributed by atoms with Crippen LogP contribution in [0.2, 0.25) is 0 Å². The molecule has 13 nitrogen and oxygen atoms in total. The Hall–Kier alpha value is -3.40. The van der Waals surface area contributed by atoms with Crippen molar-refractivity contribution in [3.8, 4) is 17.0 Å². The molecule has 0 bridgehead atoms. The van der Waals surface area contributed by atoms with E-state index in [-0.39, 0.29) is 35.4 Å². The maximum absolute atomic E-state index is 14.1. The average Bonchev–Trinajstić information content (AvgIpc) is 3.66. The molecule has 3 N–H and O–H groups in total. The van der Waals surface area contributed by atoms with E-state index in [1.165, 1.54) is 24.1 Å². The summed E-state index contributed by atoms with van der Waals surface area (Å²) in [5.74, 6) is -2.45. The highest BCUT2D eigenvalue weighted by Crippen LogP contribution is 2.36. The van der Waals surface area contributed by atoms with Gasteiger partial charge in [0.1, 0.15) is 41.8 Å². The molecule has 1 aromatic carbocycles. The molecule has 0 aliphatic carbocycles. The highest BCUT2D eigenvalue weighted by Gasteiger charge is 2.47.